The van der Waals surface area contributed by atoms with Crippen LogP contribution in [-0.4, -0.2) is 29.2 Å². The topological polar surface area (TPSA) is 49.7 Å². The van der Waals surface area contributed by atoms with Crippen molar-refractivity contribution >= 4 is 0 Å². The highest BCUT2D eigenvalue weighted by atomic mass is 16.6. The van der Waals surface area contributed by atoms with Crippen LogP contribution in [0.2, 0.25) is 0 Å². The molecule has 0 aliphatic carbocycles. The van der Waals surface area contributed by atoms with E-state index in [0.717, 1.165) is 0 Å². The van der Waals surface area contributed by atoms with Crippen LogP contribution in [0.5, 0.6) is 0 Å². The van der Waals surface area contributed by atoms with Gasteiger partial charge in [0.25, 0.3) is 0 Å². The van der Waals surface area contributed by atoms with Gasteiger partial charge >= 0.3 is 0 Å². The molecule has 1 rings (SSSR count). The van der Waals surface area contributed by atoms with Crippen molar-refractivity contribution in [1.82, 2.24) is 0 Å². The molecule has 0 radical (unpaired) electrons. The molecule has 1 aliphatic heterocycles. The molecule has 0 spiro atoms. The predicted molar refractivity (Wildman–Crippen MR) is 22.6 cm³/mol. The monoisotopic (exact) mass is 104 g/mol. The van der Waals surface area contributed by atoms with Crippen molar-refractivity contribution in [3.8, 4) is 0 Å². The van der Waals surface area contributed by atoms with E-state index >= 15 is 0 Å². The number of aliphatic hydroxyl groups is 2. The first-order valence-corrected chi connectivity index (χ1v) is 2.27. The lowest BCUT2D eigenvalue weighted by Gasteiger charge is -1.93. The van der Waals surface area contributed by atoms with Crippen LogP contribution in [0.3, 0.4) is 0 Å². The molecule has 1 saturated heterocycles. The summed E-state index contributed by atoms with van der Waals surface area (Å²) in [4.78, 5) is 0. The molecule has 3 heteroatoms. The molecule has 7 heavy (non-hydrogen) atoms. The fourth-order valence-electron chi connectivity index (χ4n) is 0.591. The van der Waals surface area contributed by atoms with Crippen LogP contribution >= 0.6 is 0 Å². The molecule has 0 aromatic carbocycles. The van der Waals surface area contributed by atoms with Gasteiger partial charge < -0.3 is 14.9 Å². The van der Waals surface area contributed by atoms with Crippen molar-refractivity contribution in [2.75, 3.05) is 6.61 Å². The SMILES string of the molecule is OC1C[C@@H](O)CO1. The summed E-state index contributed by atoms with van der Waals surface area (Å²) in [6.45, 7) is 0.279. The molecule has 0 saturated carbocycles. The quantitative estimate of drug-likeness (QED) is 0.418. The molecule has 1 unspecified atom stereocenters. The van der Waals surface area contributed by atoms with Gasteiger partial charge in [0.15, 0.2) is 6.29 Å². The van der Waals surface area contributed by atoms with E-state index in [4.69, 9.17) is 10.2 Å². The summed E-state index contributed by atoms with van der Waals surface area (Å²) in [6, 6.07) is 0. The zero-order valence-corrected chi connectivity index (χ0v) is 3.87. The average molecular weight is 104 g/mol. The molecular weight excluding hydrogens is 96.0 g/mol. The van der Waals surface area contributed by atoms with Crippen LogP contribution in [0.4, 0.5) is 0 Å². The van der Waals surface area contributed by atoms with Crippen LogP contribution in [0.25, 0.3) is 0 Å². The zero-order valence-electron chi connectivity index (χ0n) is 3.87. The number of hydrogen-bond donors (Lipinski definition) is 2. The molecule has 1 aliphatic rings. The third-order valence-electron chi connectivity index (χ3n) is 0.955. The van der Waals surface area contributed by atoms with Crippen LogP contribution in [0.1, 0.15) is 6.42 Å². The summed E-state index contributed by atoms with van der Waals surface area (Å²) in [5, 5.41) is 17.1. The minimum atomic E-state index is -0.727. The molecule has 0 aromatic rings. The maximum absolute atomic E-state index is 8.61. The largest absolute Gasteiger partial charge is 0.391 e. The Morgan fingerprint density at radius 1 is 1.43 bits per heavy atom. The van der Waals surface area contributed by atoms with Crippen molar-refractivity contribution in [1.29, 1.82) is 0 Å². The Hall–Kier alpha value is -0.120. The van der Waals surface area contributed by atoms with E-state index < -0.39 is 12.4 Å². The Morgan fingerprint density at radius 2 is 2.14 bits per heavy atom. The molecule has 2 atom stereocenters. The zero-order chi connectivity index (χ0) is 5.28. The molecule has 2 N–H and O–H groups in total. The summed E-state index contributed by atoms with van der Waals surface area (Å²) in [5.41, 5.74) is 0. The van der Waals surface area contributed by atoms with E-state index in [0.29, 0.717) is 6.42 Å². The van der Waals surface area contributed by atoms with Gasteiger partial charge in [-0.2, -0.15) is 0 Å². The smallest absolute Gasteiger partial charge is 0.157 e. The molecular formula is C4H8O3. The lowest BCUT2D eigenvalue weighted by molar-refractivity contribution is -0.0595. The van der Waals surface area contributed by atoms with Crippen LogP contribution in [-0.2, 0) is 4.74 Å². The first kappa shape index (κ1) is 5.03. The Balaban J connectivity index is 2.26. The maximum Gasteiger partial charge on any atom is 0.157 e. The number of rotatable bonds is 0. The number of ether oxygens (including phenoxy) is 1. The Bertz CT molecular complexity index is 56.0. The lowest BCUT2D eigenvalue weighted by atomic mass is 10.3. The number of aliphatic hydroxyl groups excluding tert-OH is 2. The minimum Gasteiger partial charge on any atom is -0.391 e. The summed E-state index contributed by atoms with van der Waals surface area (Å²) < 4.78 is 4.57. The summed E-state index contributed by atoms with van der Waals surface area (Å²) in [5.74, 6) is 0. The van der Waals surface area contributed by atoms with Gasteiger partial charge in [-0.15, -0.1) is 0 Å². The first-order chi connectivity index (χ1) is 3.29. The van der Waals surface area contributed by atoms with Gasteiger partial charge in [-0.3, -0.25) is 0 Å². The molecule has 1 fully saturated rings. The molecule has 3 nitrogen and oxygen atoms in total. The van der Waals surface area contributed by atoms with Gasteiger partial charge in [0.2, 0.25) is 0 Å². The molecule has 0 bridgehead atoms. The van der Waals surface area contributed by atoms with Crippen molar-refractivity contribution in [2.24, 2.45) is 0 Å². The van der Waals surface area contributed by atoms with E-state index in [-0.39, 0.29) is 6.61 Å². The van der Waals surface area contributed by atoms with Gasteiger partial charge in [0, 0.05) is 6.42 Å². The van der Waals surface area contributed by atoms with E-state index in [1.54, 1.807) is 0 Å². The predicted octanol–water partition coefficient (Wildman–Crippen LogP) is -0.914. The van der Waals surface area contributed by atoms with Crippen LogP contribution in [0, 0.1) is 0 Å². The normalized spacial score (nSPS) is 42.0. The second kappa shape index (κ2) is 1.78. The van der Waals surface area contributed by atoms with E-state index in [1.165, 1.54) is 0 Å². The second-order valence-corrected chi connectivity index (χ2v) is 1.68. The first-order valence-electron chi connectivity index (χ1n) is 2.27. The second-order valence-electron chi connectivity index (χ2n) is 1.68. The number of hydrogen-bond acceptors (Lipinski definition) is 3. The fraction of sp³-hybridized carbons (Fsp3) is 1.00. The van der Waals surface area contributed by atoms with Crippen molar-refractivity contribution in [3.63, 3.8) is 0 Å². The Labute approximate surface area is 41.5 Å². The molecule has 1 heterocycles. The van der Waals surface area contributed by atoms with Crippen LogP contribution < -0.4 is 0 Å². The van der Waals surface area contributed by atoms with E-state index in [1.807, 2.05) is 0 Å². The van der Waals surface area contributed by atoms with Gasteiger partial charge in [0.1, 0.15) is 0 Å². The third-order valence-corrected chi connectivity index (χ3v) is 0.955. The van der Waals surface area contributed by atoms with E-state index in [2.05, 4.69) is 4.74 Å². The highest BCUT2D eigenvalue weighted by Crippen LogP contribution is 2.08. The highest BCUT2D eigenvalue weighted by molar-refractivity contribution is 4.62. The van der Waals surface area contributed by atoms with Crippen LogP contribution in [0.15, 0.2) is 0 Å². The standard InChI is InChI=1S/C4H8O3/c5-3-1-4(6)7-2-3/h3-6H,1-2H2/t3-,4?/m1/s1. The molecule has 0 amide bonds. The molecule has 0 aromatic heterocycles. The van der Waals surface area contributed by atoms with Gasteiger partial charge in [-0.1, -0.05) is 0 Å². The van der Waals surface area contributed by atoms with Gasteiger partial charge in [-0.25, -0.2) is 0 Å². The third kappa shape index (κ3) is 1.12. The van der Waals surface area contributed by atoms with Crippen molar-refractivity contribution < 1.29 is 14.9 Å². The average Bonchev–Trinajstić information content (AvgIpc) is 1.87. The van der Waals surface area contributed by atoms with E-state index in [9.17, 15) is 0 Å². The van der Waals surface area contributed by atoms with Crippen molar-refractivity contribution in [2.45, 2.75) is 18.8 Å². The highest BCUT2D eigenvalue weighted by Gasteiger charge is 2.20. The van der Waals surface area contributed by atoms with Gasteiger partial charge in [0.05, 0.1) is 12.7 Å². The van der Waals surface area contributed by atoms with Crippen molar-refractivity contribution in [3.05, 3.63) is 0 Å². The minimum absolute atomic E-state index is 0.279. The summed E-state index contributed by atoms with van der Waals surface area (Å²) in [7, 11) is 0. The Kier molecular flexibility index (Phi) is 1.27. The Morgan fingerprint density at radius 3 is 2.29 bits per heavy atom. The molecule has 42 valence electrons. The summed E-state index contributed by atoms with van der Waals surface area (Å²) in [6.07, 6.45) is -0.815. The fourth-order valence-corrected chi connectivity index (χ4v) is 0.591. The maximum atomic E-state index is 8.61. The summed E-state index contributed by atoms with van der Waals surface area (Å²) >= 11 is 0. The lowest BCUT2D eigenvalue weighted by Crippen LogP contribution is -2.04. The van der Waals surface area contributed by atoms with Gasteiger partial charge in [-0.05, 0) is 0 Å².